The average molecular weight is 268 g/mol. The van der Waals surface area contributed by atoms with Gasteiger partial charge in [0.05, 0.1) is 34.4 Å². The lowest BCUT2D eigenvalue weighted by molar-refractivity contribution is 0.194. The van der Waals surface area contributed by atoms with Crippen LogP contribution in [0.1, 0.15) is 18.7 Å². The maximum Gasteiger partial charge on any atom is 0.0931 e. The second-order valence-corrected chi connectivity index (χ2v) is 4.14. The van der Waals surface area contributed by atoms with Gasteiger partial charge in [-0.3, -0.25) is 4.98 Å². The number of aromatic nitrogens is 3. The Labute approximate surface area is 95.7 Å². The lowest BCUT2D eigenvalue weighted by Crippen LogP contribution is -1.99. The molecule has 0 saturated heterocycles. The fraction of sp³-hybridized carbons (Fsp3) is 0.200. The molecule has 2 rings (SSSR count). The van der Waals surface area contributed by atoms with Crippen molar-refractivity contribution in [2.75, 3.05) is 0 Å². The highest BCUT2D eigenvalue weighted by Gasteiger charge is 2.03. The molecule has 15 heavy (non-hydrogen) atoms. The van der Waals surface area contributed by atoms with Gasteiger partial charge in [0, 0.05) is 6.20 Å². The van der Waals surface area contributed by atoms with E-state index in [-0.39, 0.29) is 0 Å². The Balaban J connectivity index is 2.31. The summed E-state index contributed by atoms with van der Waals surface area (Å²) in [7, 11) is 0. The Morgan fingerprint density at radius 2 is 2.20 bits per heavy atom. The first-order valence-corrected chi connectivity index (χ1v) is 5.30. The van der Waals surface area contributed by atoms with E-state index in [4.69, 9.17) is 0 Å². The summed E-state index contributed by atoms with van der Waals surface area (Å²) in [6, 6.07) is 3.66. The predicted octanol–water partition coefficient (Wildman–Crippen LogP) is 2.08. The van der Waals surface area contributed by atoms with Crippen LogP contribution in [0, 0.1) is 0 Å². The third kappa shape index (κ3) is 2.24. The molecule has 0 unspecified atom stereocenters. The van der Waals surface area contributed by atoms with Gasteiger partial charge in [-0.25, -0.2) is 4.68 Å². The molecule has 0 saturated carbocycles. The molecule has 1 atom stereocenters. The molecule has 78 valence electrons. The van der Waals surface area contributed by atoms with E-state index >= 15 is 0 Å². The molecule has 0 aromatic carbocycles. The van der Waals surface area contributed by atoms with Crippen molar-refractivity contribution in [1.29, 1.82) is 0 Å². The highest BCUT2D eigenvalue weighted by molar-refractivity contribution is 9.10. The second kappa shape index (κ2) is 4.12. The zero-order valence-electron chi connectivity index (χ0n) is 8.13. The average Bonchev–Trinajstić information content (AvgIpc) is 2.65. The van der Waals surface area contributed by atoms with Crippen LogP contribution in [0.15, 0.2) is 35.2 Å². The summed E-state index contributed by atoms with van der Waals surface area (Å²) >= 11 is 3.32. The largest absolute Gasteiger partial charge is 0.387 e. The van der Waals surface area contributed by atoms with Crippen LogP contribution in [0.5, 0.6) is 0 Å². The minimum Gasteiger partial charge on any atom is -0.387 e. The van der Waals surface area contributed by atoms with Crippen molar-refractivity contribution in [2.24, 2.45) is 0 Å². The lowest BCUT2D eigenvalue weighted by Gasteiger charge is -2.04. The number of nitrogens with zero attached hydrogens (tertiary/aromatic N) is 3. The van der Waals surface area contributed by atoms with Gasteiger partial charge in [0.1, 0.15) is 0 Å². The van der Waals surface area contributed by atoms with Gasteiger partial charge in [-0.15, -0.1) is 0 Å². The summed E-state index contributed by atoms with van der Waals surface area (Å²) in [4.78, 5) is 4.14. The van der Waals surface area contributed by atoms with Gasteiger partial charge < -0.3 is 5.11 Å². The van der Waals surface area contributed by atoms with E-state index in [2.05, 4.69) is 26.0 Å². The first-order valence-electron chi connectivity index (χ1n) is 4.51. The molecule has 2 aromatic rings. The van der Waals surface area contributed by atoms with Crippen molar-refractivity contribution in [1.82, 2.24) is 14.8 Å². The smallest absolute Gasteiger partial charge is 0.0931 e. The van der Waals surface area contributed by atoms with Crippen LogP contribution in [-0.2, 0) is 0 Å². The molecule has 0 aliphatic carbocycles. The van der Waals surface area contributed by atoms with Gasteiger partial charge in [-0.05, 0) is 35.0 Å². The molecule has 0 fully saturated rings. The standard InChI is InChI=1S/C10H10BrN3O/c1-7(15)10-3-2-9(5-12-10)14-6-8(11)4-13-14/h2-7,15H,1H3/t7-/m1/s1. The Morgan fingerprint density at radius 3 is 2.67 bits per heavy atom. The van der Waals surface area contributed by atoms with Crippen molar-refractivity contribution >= 4 is 15.9 Å². The van der Waals surface area contributed by atoms with Crippen molar-refractivity contribution < 1.29 is 5.11 Å². The normalized spacial score (nSPS) is 12.7. The second-order valence-electron chi connectivity index (χ2n) is 3.22. The summed E-state index contributed by atoms with van der Waals surface area (Å²) in [5, 5.41) is 13.4. The molecule has 4 nitrogen and oxygen atoms in total. The zero-order valence-corrected chi connectivity index (χ0v) is 9.72. The molecule has 1 N–H and O–H groups in total. The lowest BCUT2D eigenvalue weighted by atomic mass is 10.2. The fourth-order valence-corrected chi connectivity index (χ4v) is 1.51. The van der Waals surface area contributed by atoms with Crippen LogP contribution in [-0.4, -0.2) is 19.9 Å². The number of rotatable bonds is 2. The van der Waals surface area contributed by atoms with Crippen LogP contribution in [0.3, 0.4) is 0 Å². The molecular weight excluding hydrogens is 258 g/mol. The monoisotopic (exact) mass is 267 g/mol. The Hall–Kier alpha value is -1.20. The number of halogens is 1. The van der Waals surface area contributed by atoms with Crippen LogP contribution < -0.4 is 0 Å². The molecule has 0 spiro atoms. The first kappa shape index (κ1) is 10.3. The van der Waals surface area contributed by atoms with Crippen LogP contribution in [0.4, 0.5) is 0 Å². The molecular formula is C10H10BrN3O. The minimum absolute atomic E-state index is 0.539. The quantitative estimate of drug-likeness (QED) is 0.907. The van der Waals surface area contributed by atoms with Gasteiger partial charge in [-0.1, -0.05) is 0 Å². The molecule has 5 heteroatoms. The Bertz CT molecular complexity index is 450. The van der Waals surface area contributed by atoms with Crippen LogP contribution >= 0.6 is 15.9 Å². The van der Waals surface area contributed by atoms with Crippen molar-refractivity contribution in [3.05, 3.63) is 40.9 Å². The van der Waals surface area contributed by atoms with Gasteiger partial charge in [0.25, 0.3) is 0 Å². The summed E-state index contributed by atoms with van der Waals surface area (Å²) in [5.41, 5.74) is 1.52. The number of aliphatic hydroxyl groups is 1. The van der Waals surface area contributed by atoms with E-state index < -0.39 is 6.10 Å². The SMILES string of the molecule is C[C@@H](O)c1ccc(-n2cc(Br)cn2)cn1. The molecule has 0 amide bonds. The summed E-state index contributed by atoms with van der Waals surface area (Å²) in [6.45, 7) is 1.69. The van der Waals surface area contributed by atoms with E-state index in [1.54, 1.807) is 30.1 Å². The van der Waals surface area contributed by atoms with E-state index in [1.807, 2.05) is 12.3 Å². The van der Waals surface area contributed by atoms with Crippen LogP contribution in [0.25, 0.3) is 5.69 Å². The van der Waals surface area contributed by atoms with Gasteiger partial charge in [0.2, 0.25) is 0 Å². The highest BCUT2D eigenvalue weighted by atomic mass is 79.9. The predicted molar refractivity (Wildman–Crippen MR) is 59.7 cm³/mol. The maximum atomic E-state index is 9.30. The molecule has 0 aliphatic rings. The van der Waals surface area contributed by atoms with E-state index in [0.717, 1.165) is 10.2 Å². The van der Waals surface area contributed by atoms with E-state index in [0.29, 0.717) is 5.69 Å². The van der Waals surface area contributed by atoms with Crippen LogP contribution in [0.2, 0.25) is 0 Å². The third-order valence-electron chi connectivity index (χ3n) is 2.01. The van der Waals surface area contributed by atoms with E-state index in [1.165, 1.54) is 0 Å². The highest BCUT2D eigenvalue weighted by Crippen LogP contribution is 2.14. The minimum atomic E-state index is -0.539. The van der Waals surface area contributed by atoms with Crippen molar-refractivity contribution in [3.63, 3.8) is 0 Å². The molecule has 2 aromatic heterocycles. The molecule has 0 radical (unpaired) electrons. The summed E-state index contributed by atoms with van der Waals surface area (Å²) in [6.07, 6.45) is 4.70. The van der Waals surface area contributed by atoms with E-state index in [9.17, 15) is 5.11 Å². The molecule has 0 bridgehead atoms. The van der Waals surface area contributed by atoms with Gasteiger partial charge >= 0.3 is 0 Å². The first-order chi connectivity index (χ1) is 7.16. The van der Waals surface area contributed by atoms with Crippen molar-refractivity contribution in [2.45, 2.75) is 13.0 Å². The summed E-state index contributed by atoms with van der Waals surface area (Å²) < 4.78 is 2.63. The maximum absolute atomic E-state index is 9.30. The molecule has 2 heterocycles. The number of hydrogen-bond acceptors (Lipinski definition) is 3. The Kier molecular flexibility index (Phi) is 2.83. The fourth-order valence-electron chi connectivity index (χ4n) is 1.22. The van der Waals surface area contributed by atoms with Crippen molar-refractivity contribution in [3.8, 4) is 5.69 Å². The number of pyridine rings is 1. The third-order valence-corrected chi connectivity index (χ3v) is 2.42. The van der Waals surface area contributed by atoms with Gasteiger partial charge in [0.15, 0.2) is 0 Å². The Morgan fingerprint density at radius 1 is 1.40 bits per heavy atom. The zero-order chi connectivity index (χ0) is 10.8. The summed E-state index contributed by atoms with van der Waals surface area (Å²) in [5.74, 6) is 0. The number of aliphatic hydroxyl groups excluding tert-OH is 1. The topological polar surface area (TPSA) is 50.9 Å². The molecule has 0 aliphatic heterocycles. The number of hydrogen-bond donors (Lipinski definition) is 1. The van der Waals surface area contributed by atoms with Gasteiger partial charge in [-0.2, -0.15) is 5.10 Å².